The molecule has 0 saturated heterocycles. The maximum absolute atomic E-state index is 11.2. The van der Waals surface area contributed by atoms with Crippen molar-refractivity contribution in [2.45, 2.75) is 32.7 Å². The molecule has 0 aromatic carbocycles. The summed E-state index contributed by atoms with van der Waals surface area (Å²) in [5.41, 5.74) is -1.20. The van der Waals surface area contributed by atoms with Crippen LogP contribution in [0.5, 0.6) is 0 Å². The Hall–Kier alpha value is -1.10. The van der Waals surface area contributed by atoms with E-state index in [1.807, 2.05) is 6.92 Å². The Morgan fingerprint density at radius 1 is 1.36 bits per heavy atom. The Labute approximate surface area is 83.9 Å². The molecule has 0 fully saturated rings. The van der Waals surface area contributed by atoms with E-state index in [1.54, 1.807) is 0 Å². The lowest BCUT2D eigenvalue weighted by Crippen LogP contribution is -2.52. The van der Waals surface area contributed by atoms with E-state index in [4.69, 9.17) is 5.11 Å². The first kappa shape index (κ1) is 12.9. The first-order valence-corrected chi connectivity index (χ1v) is 4.65. The minimum Gasteiger partial charge on any atom is -0.480 e. The average molecular weight is 202 g/mol. The van der Waals surface area contributed by atoms with Crippen molar-refractivity contribution < 1.29 is 14.7 Å². The molecule has 0 radical (unpaired) electrons. The fourth-order valence-electron chi connectivity index (χ4n) is 0.825. The van der Waals surface area contributed by atoms with Crippen LogP contribution >= 0.6 is 0 Å². The van der Waals surface area contributed by atoms with Crippen molar-refractivity contribution in [2.24, 2.45) is 0 Å². The van der Waals surface area contributed by atoms with Gasteiger partial charge in [0.25, 0.3) is 0 Å². The molecule has 82 valence electrons. The van der Waals surface area contributed by atoms with Gasteiger partial charge < -0.3 is 15.7 Å². The predicted octanol–water partition coefficient (Wildman–Crippen LogP) is -0.0346. The maximum Gasteiger partial charge on any atom is 0.328 e. The molecule has 0 aliphatic rings. The summed E-state index contributed by atoms with van der Waals surface area (Å²) in [6.07, 6.45) is 0.940. The van der Waals surface area contributed by atoms with Crippen LogP contribution in [-0.4, -0.2) is 35.6 Å². The monoisotopic (exact) mass is 202 g/mol. The number of aliphatic carboxylic acids is 1. The lowest BCUT2D eigenvalue weighted by atomic mass is 10.1. The minimum absolute atomic E-state index is 0.157. The second-order valence-electron chi connectivity index (χ2n) is 3.66. The van der Waals surface area contributed by atoms with E-state index in [-0.39, 0.29) is 12.5 Å². The first-order valence-electron chi connectivity index (χ1n) is 4.65. The van der Waals surface area contributed by atoms with Gasteiger partial charge >= 0.3 is 5.97 Å². The number of nitrogens with one attached hydrogen (secondary N) is 2. The second-order valence-corrected chi connectivity index (χ2v) is 3.66. The van der Waals surface area contributed by atoms with Crippen LogP contribution in [-0.2, 0) is 9.59 Å². The van der Waals surface area contributed by atoms with Crippen molar-refractivity contribution in [3.8, 4) is 0 Å². The SMILES string of the molecule is CCCNCC(=O)NC(C)(C)C(=O)O. The minimum atomic E-state index is -1.20. The molecule has 0 rings (SSSR count). The third-order valence-corrected chi connectivity index (χ3v) is 1.70. The first-order chi connectivity index (χ1) is 6.40. The van der Waals surface area contributed by atoms with Gasteiger partial charge in [-0.2, -0.15) is 0 Å². The van der Waals surface area contributed by atoms with Gasteiger partial charge in [-0.25, -0.2) is 4.79 Å². The van der Waals surface area contributed by atoms with Crippen LogP contribution in [0, 0.1) is 0 Å². The second kappa shape index (κ2) is 5.59. The van der Waals surface area contributed by atoms with Gasteiger partial charge in [0.15, 0.2) is 0 Å². The smallest absolute Gasteiger partial charge is 0.328 e. The summed E-state index contributed by atoms with van der Waals surface area (Å²) in [4.78, 5) is 21.9. The molecule has 3 N–H and O–H groups in total. The van der Waals surface area contributed by atoms with Gasteiger partial charge in [0, 0.05) is 0 Å². The van der Waals surface area contributed by atoms with E-state index >= 15 is 0 Å². The Morgan fingerprint density at radius 3 is 2.36 bits per heavy atom. The van der Waals surface area contributed by atoms with Crippen molar-refractivity contribution in [2.75, 3.05) is 13.1 Å². The molecule has 0 aliphatic carbocycles. The van der Waals surface area contributed by atoms with Crippen LogP contribution in [0.4, 0.5) is 0 Å². The highest BCUT2D eigenvalue weighted by molar-refractivity contribution is 5.87. The van der Waals surface area contributed by atoms with Crippen molar-refractivity contribution >= 4 is 11.9 Å². The molecule has 5 heteroatoms. The highest BCUT2D eigenvalue weighted by Gasteiger charge is 2.28. The highest BCUT2D eigenvalue weighted by Crippen LogP contribution is 2.00. The van der Waals surface area contributed by atoms with Crippen molar-refractivity contribution in [3.05, 3.63) is 0 Å². The number of carbonyl (C=O) groups is 2. The molecule has 0 saturated carbocycles. The van der Waals surface area contributed by atoms with E-state index in [9.17, 15) is 9.59 Å². The number of carboxylic acids is 1. The van der Waals surface area contributed by atoms with Gasteiger partial charge in [-0.3, -0.25) is 4.79 Å². The normalized spacial score (nSPS) is 11.1. The zero-order valence-electron chi connectivity index (χ0n) is 8.89. The number of carboxylic acid groups (broad SMARTS) is 1. The molecular formula is C9H18N2O3. The summed E-state index contributed by atoms with van der Waals surface area (Å²) in [7, 11) is 0. The van der Waals surface area contributed by atoms with Crippen molar-refractivity contribution in [1.29, 1.82) is 0 Å². The number of amides is 1. The average Bonchev–Trinajstić information content (AvgIpc) is 2.03. The molecule has 0 aromatic heterocycles. The van der Waals surface area contributed by atoms with Crippen LogP contribution in [0.3, 0.4) is 0 Å². The van der Waals surface area contributed by atoms with Crippen molar-refractivity contribution in [1.82, 2.24) is 10.6 Å². The Kier molecular flexibility index (Phi) is 5.15. The van der Waals surface area contributed by atoms with Gasteiger partial charge in [0.2, 0.25) is 5.91 Å². The summed E-state index contributed by atoms with van der Waals surface area (Å²) in [6, 6.07) is 0. The summed E-state index contributed by atoms with van der Waals surface area (Å²) in [6.45, 7) is 5.80. The molecule has 5 nitrogen and oxygen atoms in total. The molecule has 0 aliphatic heterocycles. The standard InChI is InChI=1S/C9H18N2O3/c1-4-5-10-6-7(12)11-9(2,3)8(13)14/h10H,4-6H2,1-3H3,(H,11,12)(H,13,14). The number of carbonyl (C=O) groups excluding carboxylic acids is 1. The predicted molar refractivity (Wildman–Crippen MR) is 53.0 cm³/mol. The maximum atomic E-state index is 11.2. The Bertz CT molecular complexity index is 214. The summed E-state index contributed by atoms with van der Waals surface area (Å²) in [5.74, 6) is -1.34. The molecule has 0 aromatic rings. The van der Waals surface area contributed by atoms with Gasteiger partial charge in [0.1, 0.15) is 5.54 Å². The highest BCUT2D eigenvalue weighted by atomic mass is 16.4. The zero-order chi connectivity index (χ0) is 11.2. The molecular weight excluding hydrogens is 184 g/mol. The molecule has 1 amide bonds. The number of hydrogen-bond acceptors (Lipinski definition) is 3. The Morgan fingerprint density at radius 2 is 1.93 bits per heavy atom. The van der Waals surface area contributed by atoms with E-state index in [2.05, 4.69) is 10.6 Å². The fraction of sp³-hybridized carbons (Fsp3) is 0.778. The van der Waals surface area contributed by atoms with E-state index < -0.39 is 11.5 Å². The van der Waals surface area contributed by atoms with Gasteiger partial charge in [-0.15, -0.1) is 0 Å². The van der Waals surface area contributed by atoms with Crippen LogP contribution in [0.2, 0.25) is 0 Å². The summed E-state index contributed by atoms with van der Waals surface area (Å²) < 4.78 is 0. The quantitative estimate of drug-likeness (QED) is 0.528. The van der Waals surface area contributed by atoms with Crippen LogP contribution in [0.15, 0.2) is 0 Å². The largest absolute Gasteiger partial charge is 0.480 e. The Balaban J connectivity index is 3.88. The third kappa shape index (κ3) is 4.81. The van der Waals surface area contributed by atoms with Gasteiger partial charge in [-0.1, -0.05) is 6.92 Å². The van der Waals surface area contributed by atoms with E-state index in [0.29, 0.717) is 0 Å². The molecule has 0 bridgehead atoms. The van der Waals surface area contributed by atoms with Crippen molar-refractivity contribution in [3.63, 3.8) is 0 Å². The molecule has 0 unspecified atom stereocenters. The lowest BCUT2D eigenvalue weighted by molar-refractivity contribution is -0.145. The molecule has 0 heterocycles. The molecule has 0 spiro atoms. The number of hydrogen-bond donors (Lipinski definition) is 3. The fourth-order valence-corrected chi connectivity index (χ4v) is 0.825. The van der Waals surface area contributed by atoms with Gasteiger partial charge in [-0.05, 0) is 26.8 Å². The number of rotatable bonds is 6. The summed E-state index contributed by atoms with van der Waals surface area (Å²) >= 11 is 0. The third-order valence-electron chi connectivity index (χ3n) is 1.70. The van der Waals surface area contributed by atoms with Crippen LogP contribution < -0.4 is 10.6 Å². The summed E-state index contributed by atoms with van der Waals surface area (Å²) in [5, 5.41) is 14.0. The zero-order valence-corrected chi connectivity index (χ0v) is 8.89. The van der Waals surface area contributed by atoms with Crippen LogP contribution in [0.1, 0.15) is 27.2 Å². The molecule has 14 heavy (non-hydrogen) atoms. The van der Waals surface area contributed by atoms with Crippen LogP contribution in [0.25, 0.3) is 0 Å². The van der Waals surface area contributed by atoms with Gasteiger partial charge in [0.05, 0.1) is 6.54 Å². The topological polar surface area (TPSA) is 78.4 Å². The van der Waals surface area contributed by atoms with E-state index in [0.717, 1.165) is 13.0 Å². The lowest BCUT2D eigenvalue weighted by Gasteiger charge is -2.20. The molecule has 0 atom stereocenters. The van der Waals surface area contributed by atoms with E-state index in [1.165, 1.54) is 13.8 Å².